The molecule has 6 nitrogen and oxygen atoms in total. The number of aromatic nitrogens is 1. The number of amides is 2. The molecule has 6 heteroatoms. The number of nitrogens with one attached hydrogen (secondary N) is 2. The molecule has 0 aliphatic carbocycles. The maximum Gasteiger partial charge on any atom is 0.291 e. The van der Waals surface area contributed by atoms with Gasteiger partial charge in [-0.25, -0.2) is 0 Å². The van der Waals surface area contributed by atoms with Crippen molar-refractivity contribution in [1.29, 1.82) is 0 Å². The number of hydrogen-bond acceptors (Lipinski definition) is 3. The lowest BCUT2D eigenvalue weighted by atomic mass is 10.1. The van der Waals surface area contributed by atoms with E-state index in [2.05, 4.69) is 42.7 Å². The molecule has 3 aromatic carbocycles. The van der Waals surface area contributed by atoms with Crippen LogP contribution in [0.5, 0.6) is 0 Å². The molecule has 0 saturated carbocycles. The molecule has 2 heterocycles. The molecular weight excluding hydrogens is 450 g/mol. The second-order valence-electron chi connectivity index (χ2n) is 8.92. The fourth-order valence-corrected chi connectivity index (χ4v) is 4.32. The van der Waals surface area contributed by atoms with Crippen molar-refractivity contribution in [3.63, 3.8) is 0 Å². The maximum atomic E-state index is 13.4. The van der Waals surface area contributed by atoms with E-state index in [-0.39, 0.29) is 17.6 Å². The summed E-state index contributed by atoms with van der Waals surface area (Å²) in [6.07, 6.45) is 1.46. The highest BCUT2D eigenvalue weighted by Gasteiger charge is 2.18. The van der Waals surface area contributed by atoms with Gasteiger partial charge >= 0.3 is 0 Å². The summed E-state index contributed by atoms with van der Waals surface area (Å²) in [5.74, 6) is -0.236. The Morgan fingerprint density at radius 3 is 2.47 bits per heavy atom. The van der Waals surface area contributed by atoms with E-state index < -0.39 is 0 Å². The molecule has 180 valence electrons. The minimum atomic E-state index is -0.324. The number of carbonyl (C=O) groups is 2. The first kappa shape index (κ1) is 23.2. The minimum absolute atomic E-state index is 0.151. The van der Waals surface area contributed by atoms with Crippen LogP contribution in [0.1, 0.15) is 43.3 Å². The van der Waals surface area contributed by atoms with Gasteiger partial charge in [-0.15, -0.1) is 0 Å². The molecule has 5 aromatic rings. The first-order valence-corrected chi connectivity index (χ1v) is 11.8. The molecule has 0 bridgehead atoms. The molecule has 36 heavy (non-hydrogen) atoms. The highest BCUT2D eigenvalue weighted by molar-refractivity contribution is 6.04. The fourth-order valence-electron chi connectivity index (χ4n) is 4.32. The van der Waals surface area contributed by atoms with Crippen LogP contribution in [0.25, 0.3) is 10.9 Å². The maximum absolute atomic E-state index is 13.4. The predicted molar refractivity (Wildman–Crippen MR) is 141 cm³/mol. The summed E-state index contributed by atoms with van der Waals surface area (Å²) < 4.78 is 7.23. The summed E-state index contributed by atoms with van der Waals surface area (Å²) in [5.41, 5.74) is 6.63. The Kier molecular flexibility index (Phi) is 6.41. The smallest absolute Gasteiger partial charge is 0.291 e. The number of anilines is 1. The summed E-state index contributed by atoms with van der Waals surface area (Å²) >= 11 is 0. The van der Waals surface area contributed by atoms with Crippen LogP contribution >= 0.6 is 0 Å². The summed E-state index contributed by atoms with van der Waals surface area (Å²) in [6.45, 7) is 5.15. The number of fused-ring (bicyclic) bond motifs is 1. The first-order valence-electron chi connectivity index (χ1n) is 11.8. The Morgan fingerprint density at radius 1 is 0.861 bits per heavy atom. The molecule has 0 radical (unpaired) electrons. The highest BCUT2D eigenvalue weighted by Crippen LogP contribution is 2.26. The largest absolute Gasteiger partial charge is 0.459 e. The van der Waals surface area contributed by atoms with Crippen LogP contribution < -0.4 is 10.6 Å². The van der Waals surface area contributed by atoms with Gasteiger partial charge in [0, 0.05) is 29.7 Å². The Balaban J connectivity index is 1.49. The molecule has 0 spiro atoms. The zero-order chi connectivity index (χ0) is 25.1. The van der Waals surface area contributed by atoms with Crippen molar-refractivity contribution in [3.8, 4) is 0 Å². The number of aryl methyl sites for hydroxylation is 2. The van der Waals surface area contributed by atoms with E-state index in [1.165, 1.54) is 17.4 Å². The van der Waals surface area contributed by atoms with E-state index >= 15 is 0 Å². The lowest BCUT2D eigenvalue weighted by Gasteiger charge is -2.14. The van der Waals surface area contributed by atoms with E-state index in [0.717, 1.165) is 22.0 Å². The zero-order valence-corrected chi connectivity index (χ0v) is 20.2. The van der Waals surface area contributed by atoms with E-state index in [9.17, 15) is 9.59 Å². The van der Waals surface area contributed by atoms with Gasteiger partial charge in [0.1, 0.15) is 5.69 Å². The number of carbonyl (C=O) groups excluding carboxylic acids is 2. The van der Waals surface area contributed by atoms with Gasteiger partial charge in [-0.3, -0.25) is 9.59 Å². The second-order valence-corrected chi connectivity index (χ2v) is 8.92. The summed E-state index contributed by atoms with van der Waals surface area (Å²) in [6, 6.07) is 27.0. The summed E-state index contributed by atoms with van der Waals surface area (Å²) in [4.78, 5) is 25.8. The third-order valence-electron chi connectivity index (χ3n) is 6.27. The summed E-state index contributed by atoms with van der Waals surface area (Å²) in [7, 11) is 0. The van der Waals surface area contributed by atoms with E-state index in [0.29, 0.717) is 24.5 Å². The first-order chi connectivity index (χ1) is 17.5. The normalized spacial score (nSPS) is 10.9. The number of hydrogen-bond donors (Lipinski definition) is 2. The quantitative estimate of drug-likeness (QED) is 0.298. The standard InChI is InChI=1S/C30H27N3O3/c1-20-10-11-21(2)24(15-20)19-33-26-13-12-25(32-30(35)28-9-6-14-36-28)16-23(26)17-27(33)29(34)31-18-22-7-4-3-5-8-22/h3-17H,18-19H2,1-2H3,(H,31,34)(H,32,35). The van der Waals surface area contributed by atoms with Gasteiger partial charge in [0.15, 0.2) is 5.76 Å². The molecule has 5 rings (SSSR count). The minimum Gasteiger partial charge on any atom is -0.459 e. The molecule has 0 aliphatic rings. The van der Waals surface area contributed by atoms with Crippen molar-refractivity contribution < 1.29 is 14.0 Å². The highest BCUT2D eigenvalue weighted by atomic mass is 16.3. The van der Waals surface area contributed by atoms with Gasteiger partial charge in [-0.2, -0.15) is 0 Å². The number of benzene rings is 3. The van der Waals surface area contributed by atoms with Crippen LogP contribution in [0.3, 0.4) is 0 Å². The van der Waals surface area contributed by atoms with Gasteiger partial charge in [0.2, 0.25) is 0 Å². The molecule has 2 amide bonds. The lowest BCUT2D eigenvalue weighted by molar-refractivity contribution is 0.0941. The van der Waals surface area contributed by atoms with Crippen LogP contribution in [-0.2, 0) is 13.1 Å². The Morgan fingerprint density at radius 2 is 1.69 bits per heavy atom. The predicted octanol–water partition coefficient (Wildman–Crippen LogP) is 6.08. The topological polar surface area (TPSA) is 76.3 Å². The molecular formula is C30H27N3O3. The van der Waals surface area contributed by atoms with Crippen LogP contribution in [0.15, 0.2) is 95.6 Å². The molecule has 0 saturated heterocycles. The van der Waals surface area contributed by atoms with Gasteiger partial charge in [0.25, 0.3) is 11.8 Å². The number of rotatable bonds is 7. The van der Waals surface area contributed by atoms with Crippen molar-refractivity contribution in [2.45, 2.75) is 26.9 Å². The average molecular weight is 478 g/mol. The van der Waals surface area contributed by atoms with Crippen LogP contribution in [-0.4, -0.2) is 16.4 Å². The van der Waals surface area contributed by atoms with Gasteiger partial charge in [0.05, 0.1) is 6.26 Å². The number of furan rings is 1. The lowest BCUT2D eigenvalue weighted by Crippen LogP contribution is -2.25. The molecule has 0 aliphatic heterocycles. The monoisotopic (exact) mass is 477 g/mol. The van der Waals surface area contributed by atoms with E-state index in [1.54, 1.807) is 12.1 Å². The molecule has 0 fully saturated rings. The Bertz CT molecular complexity index is 1530. The van der Waals surface area contributed by atoms with Crippen LogP contribution in [0, 0.1) is 13.8 Å². The second kappa shape index (κ2) is 9.96. The zero-order valence-electron chi connectivity index (χ0n) is 20.2. The molecule has 2 aromatic heterocycles. The van der Waals surface area contributed by atoms with Gasteiger partial charge in [-0.05, 0) is 66.9 Å². The molecule has 0 atom stereocenters. The third kappa shape index (κ3) is 4.93. The fraction of sp³-hybridized carbons (Fsp3) is 0.133. The SMILES string of the molecule is Cc1ccc(C)c(Cn2c(C(=O)NCc3ccccc3)cc3cc(NC(=O)c4ccco4)ccc32)c1. The van der Waals surface area contributed by atoms with Crippen molar-refractivity contribution in [2.24, 2.45) is 0 Å². The van der Waals surface area contributed by atoms with Crippen molar-refractivity contribution in [3.05, 3.63) is 125 Å². The van der Waals surface area contributed by atoms with Crippen LogP contribution in [0.4, 0.5) is 5.69 Å². The molecule has 2 N–H and O–H groups in total. The molecule has 0 unspecified atom stereocenters. The number of nitrogens with zero attached hydrogens (tertiary/aromatic N) is 1. The Hall–Kier alpha value is -4.58. The van der Waals surface area contributed by atoms with Crippen molar-refractivity contribution in [2.75, 3.05) is 5.32 Å². The summed E-state index contributed by atoms with van der Waals surface area (Å²) in [5, 5.41) is 6.78. The van der Waals surface area contributed by atoms with E-state index in [4.69, 9.17) is 4.42 Å². The van der Waals surface area contributed by atoms with Crippen LogP contribution in [0.2, 0.25) is 0 Å². The van der Waals surface area contributed by atoms with Gasteiger partial charge in [-0.1, -0.05) is 54.1 Å². The van der Waals surface area contributed by atoms with Gasteiger partial charge < -0.3 is 19.6 Å². The third-order valence-corrected chi connectivity index (χ3v) is 6.27. The van der Waals surface area contributed by atoms with E-state index in [1.807, 2.05) is 59.2 Å². The average Bonchev–Trinajstić information content (AvgIpc) is 3.54. The van der Waals surface area contributed by atoms with Crippen molar-refractivity contribution in [1.82, 2.24) is 9.88 Å². The Labute approximate surface area is 209 Å². The van der Waals surface area contributed by atoms with Crippen molar-refractivity contribution >= 4 is 28.4 Å².